The highest BCUT2D eigenvalue weighted by Crippen LogP contribution is 2.36. The summed E-state index contributed by atoms with van der Waals surface area (Å²) in [6.45, 7) is 1.42. The molecule has 5 nitrogen and oxygen atoms in total. The second kappa shape index (κ2) is 7.72. The lowest BCUT2D eigenvalue weighted by Gasteiger charge is -2.14. The maximum Gasteiger partial charge on any atom is 0.270 e. The Morgan fingerprint density at radius 1 is 1.27 bits per heavy atom. The molecule has 1 heterocycles. The number of hydrogen-bond acceptors (Lipinski definition) is 6. The van der Waals surface area contributed by atoms with Crippen LogP contribution < -0.4 is 14.7 Å². The Morgan fingerprint density at radius 2 is 2.04 bits per heavy atom. The van der Waals surface area contributed by atoms with Gasteiger partial charge in [-0.15, -0.1) is 0 Å². The fourth-order valence-electron chi connectivity index (χ4n) is 2.45. The predicted molar refractivity (Wildman–Crippen MR) is 104 cm³/mol. The Balaban J connectivity index is 1.84. The minimum atomic E-state index is -1.30. The molecule has 2 aromatic carbocycles. The highest BCUT2D eigenvalue weighted by atomic mass is 32.2. The molecule has 2 aromatic rings. The normalized spacial score (nSPS) is 15.6. The first-order valence-corrected chi connectivity index (χ1v) is 8.94. The average molecular weight is 384 g/mol. The molecule has 0 atom stereocenters. The van der Waals surface area contributed by atoms with Crippen LogP contribution in [0.25, 0.3) is 6.08 Å². The molecular formula is C19H14NO4S2-. The van der Waals surface area contributed by atoms with Crippen molar-refractivity contribution in [3.8, 4) is 5.75 Å². The van der Waals surface area contributed by atoms with Gasteiger partial charge < -0.3 is 14.6 Å². The molecule has 0 spiro atoms. The van der Waals surface area contributed by atoms with Gasteiger partial charge in [0.15, 0.2) is 4.32 Å². The van der Waals surface area contributed by atoms with Crippen molar-refractivity contribution in [2.24, 2.45) is 0 Å². The number of hydrogen-bond donors (Lipinski definition) is 0. The van der Waals surface area contributed by atoms with Gasteiger partial charge in [-0.05, 0) is 48.4 Å². The zero-order valence-electron chi connectivity index (χ0n) is 13.8. The molecule has 0 bridgehead atoms. The van der Waals surface area contributed by atoms with E-state index < -0.39 is 12.6 Å². The van der Waals surface area contributed by atoms with Crippen LogP contribution in [0.4, 0.5) is 5.69 Å². The number of carboxylic acid groups (broad SMARTS) is 1. The Hall–Kier alpha value is -2.64. The number of nitrogens with zero attached hydrogens (tertiary/aromatic N) is 1. The van der Waals surface area contributed by atoms with E-state index in [0.29, 0.717) is 20.5 Å². The number of anilines is 1. The van der Waals surface area contributed by atoms with Gasteiger partial charge >= 0.3 is 0 Å². The van der Waals surface area contributed by atoms with Crippen molar-refractivity contribution in [3.05, 3.63) is 64.6 Å². The summed E-state index contributed by atoms with van der Waals surface area (Å²) in [5, 5.41) is 10.5. The molecule has 7 heteroatoms. The fraction of sp³-hybridized carbons (Fsp3) is 0.105. The van der Waals surface area contributed by atoms with Crippen molar-refractivity contribution in [3.63, 3.8) is 0 Å². The Morgan fingerprint density at radius 3 is 2.77 bits per heavy atom. The number of carboxylic acids is 1. The summed E-state index contributed by atoms with van der Waals surface area (Å²) in [5.41, 5.74) is 2.49. The van der Waals surface area contributed by atoms with Crippen LogP contribution in [-0.2, 0) is 9.59 Å². The SMILES string of the molecule is Cc1cccc(N2C(=O)/C(=C/c3cccc(OCC(=O)[O-])c3)SC2=S)c1. The van der Waals surface area contributed by atoms with Crippen LogP contribution in [0.5, 0.6) is 5.75 Å². The Bertz CT molecular complexity index is 923. The monoisotopic (exact) mass is 384 g/mol. The van der Waals surface area contributed by atoms with E-state index in [4.69, 9.17) is 17.0 Å². The van der Waals surface area contributed by atoms with E-state index in [2.05, 4.69) is 0 Å². The van der Waals surface area contributed by atoms with Crippen molar-refractivity contribution in [2.45, 2.75) is 6.92 Å². The number of carbonyl (C=O) groups is 2. The molecule has 0 N–H and O–H groups in total. The van der Waals surface area contributed by atoms with E-state index in [1.165, 1.54) is 16.7 Å². The van der Waals surface area contributed by atoms with Crippen LogP contribution in [0.1, 0.15) is 11.1 Å². The highest BCUT2D eigenvalue weighted by Gasteiger charge is 2.33. The summed E-state index contributed by atoms with van der Waals surface area (Å²) in [5.74, 6) is -1.10. The number of thiocarbonyl (C=S) groups is 1. The lowest BCUT2D eigenvalue weighted by Crippen LogP contribution is -2.28. The van der Waals surface area contributed by atoms with E-state index in [1.54, 1.807) is 30.3 Å². The van der Waals surface area contributed by atoms with Crippen LogP contribution in [-0.4, -0.2) is 22.8 Å². The molecule has 132 valence electrons. The van der Waals surface area contributed by atoms with Crippen LogP contribution in [0.15, 0.2) is 53.4 Å². The third kappa shape index (κ3) is 4.12. The molecule has 0 saturated carbocycles. The Kier molecular flexibility index (Phi) is 5.39. The van der Waals surface area contributed by atoms with Gasteiger partial charge in [-0.3, -0.25) is 9.69 Å². The number of rotatable bonds is 5. The summed E-state index contributed by atoms with van der Waals surface area (Å²) in [7, 11) is 0. The third-order valence-electron chi connectivity index (χ3n) is 3.57. The molecule has 0 radical (unpaired) electrons. The number of amides is 1. The van der Waals surface area contributed by atoms with Gasteiger partial charge in [0.05, 0.1) is 16.6 Å². The number of carbonyl (C=O) groups excluding carboxylic acids is 2. The highest BCUT2D eigenvalue weighted by molar-refractivity contribution is 8.27. The zero-order chi connectivity index (χ0) is 18.7. The average Bonchev–Trinajstić information content (AvgIpc) is 2.87. The first-order chi connectivity index (χ1) is 12.4. The fourth-order valence-corrected chi connectivity index (χ4v) is 3.74. The van der Waals surface area contributed by atoms with Gasteiger partial charge in [0.25, 0.3) is 5.91 Å². The predicted octanol–water partition coefficient (Wildman–Crippen LogP) is 2.53. The number of aryl methyl sites for hydroxylation is 1. The molecule has 0 aliphatic carbocycles. The van der Waals surface area contributed by atoms with Crippen molar-refractivity contribution >= 4 is 51.9 Å². The second-order valence-electron chi connectivity index (χ2n) is 5.59. The first kappa shape index (κ1) is 18.2. The van der Waals surface area contributed by atoms with Gasteiger partial charge in [-0.25, -0.2) is 0 Å². The van der Waals surface area contributed by atoms with Crippen LogP contribution in [0.3, 0.4) is 0 Å². The van der Waals surface area contributed by atoms with Gasteiger partial charge in [-0.2, -0.15) is 0 Å². The molecule has 3 rings (SSSR count). The summed E-state index contributed by atoms with van der Waals surface area (Å²) in [4.78, 5) is 25.3. The Labute approximate surface area is 160 Å². The van der Waals surface area contributed by atoms with Crippen LogP contribution in [0, 0.1) is 6.92 Å². The van der Waals surface area contributed by atoms with E-state index in [9.17, 15) is 14.7 Å². The molecule has 1 amide bonds. The number of benzene rings is 2. The van der Waals surface area contributed by atoms with E-state index in [1.807, 2.05) is 31.2 Å². The number of ether oxygens (including phenoxy) is 1. The molecule has 1 saturated heterocycles. The van der Waals surface area contributed by atoms with E-state index in [-0.39, 0.29) is 5.91 Å². The minimum absolute atomic E-state index is 0.188. The van der Waals surface area contributed by atoms with E-state index in [0.717, 1.165) is 11.3 Å². The quantitative estimate of drug-likeness (QED) is 0.583. The zero-order valence-corrected chi connectivity index (χ0v) is 15.4. The number of thioether (sulfide) groups is 1. The topological polar surface area (TPSA) is 69.7 Å². The van der Waals surface area contributed by atoms with Crippen molar-refractivity contribution < 1.29 is 19.4 Å². The summed E-state index contributed by atoms with van der Waals surface area (Å²) >= 11 is 6.59. The van der Waals surface area contributed by atoms with Gasteiger partial charge in [-0.1, -0.05) is 48.2 Å². The number of aliphatic carboxylic acids is 1. The van der Waals surface area contributed by atoms with Crippen LogP contribution >= 0.6 is 24.0 Å². The molecular weight excluding hydrogens is 370 g/mol. The maximum absolute atomic E-state index is 12.8. The minimum Gasteiger partial charge on any atom is -0.546 e. The summed E-state index contributed by atoms with van der Waals surface area (Å²) in [6, 6.07) is 14.4. The largest absolute Gasteiger partial charge is 0.546 e. The first-order valence-electron chi connectivity index (χ1n) is 7.71. The molecule has 0 aromatic heterocycles. The van der Waals surface area contributed by atoms with Crippen molar-refractivity contribution in [1.29, 1.82) is 0 Å². The standard InChI is InChI=1S/C19H15NO4S2/c1-12-4-2-6-14(8-12)20-18(23)16(26-19(20)25)10-13-5-3-7-15(9-13)24-11-17(21)22/h2-10H,11H2,1H3,(H,21,22)/p-1/b16-10-. The smallest absolute Gasteiger partial charge is 0.270 e. The van der Waals surface area contributed by atoms with Gasteiger partial charge in [0.1, 0.15) is 12.4 Å². The molecule has 1 fully saturated rings. The van der Waals surface area contributed by atoms with E-state index >= 15 is 0 Å². The lowest BCUT2D eigenvalue weighted by molar-refractivity contribution is -0.307. The molecule has 1 aliphatic heterocycles. The van der Waals surface area contributed by atoms with Gasteiger partial charge in [0, 0.05) is 0 Å². The lowest BCUT2D eigenvalue weighted by atomic mass is 10.2. The third-order valence-corrected chi connectivity index (χ3v) is 4.87. The molecule has 0 unspecified atom stereocenters. The summed E-state index contributed by atoms with van der Waals surface area (Å²) in [6.07, 6.45) is 1.71. The van der Waals surface area contributed by atoms with Crippen LogP contribution in [0.2, 0.25) is 0 Å². The summed E-state index contributed by atoms with van der Waals surface area (Å²) < 4.78 is 5.57. The molecule has 26 heavy (non-hydrogen) atoms. The molecule has 1 aliphatic rings. The van der Waals surface area contributed by atoms with Gasteiger partial charge in [0.2, 0.25) is 0 Å². The van der Waals surface area contributed by atoms with Crippen molar-refractivity contribution in [2.75, 3.05) is 11.5 Å². The second-order valence-corrected chi connectivity index (χ2v) is 7.27. The maximum atomic E-state index is 12.8. The van der Waals surface area contributed by atoms with Crippen molar-refractivity contribution in [1.82, 2.24) is 0 Å².